The molecule has 1 heterocycles. The Morgan fingerprint density at radius 2 is 2.15 bits per heavy atom. The molecule has 3 nitrogen and oxygen atoms in total. The fraction of sp³-hybridized carbons (Fsp3) is 0.400. The van der Waals surface area contributed by atoms with E-state index >= 15 is 0 Å². The van der Waals surface area contributed by atoms with Gasteiger partial charge in [0.1, 0.15) is 5.82 Å². The summed E-state index contributed by atoms with van der Waals surface area (Å²) in [6.07, 6.45) is 3.03. The average molecular weight is 177 g/mol. The molecule has 13 heavy (non-hydrogen) atoms. The Balaban J connectivity index is 2.94. The molecule has 0 aliphatic rings. The molecular formula is C10H15N3. The molecule has 1 rings (SSSR count). The van der Waals surface area contributed by atoms with Gasteiger partial charge in [-0.05, 0) is 32.9 Å². The lowest BCUT2D eigenvalue weighted by molar-refractivity contribution is 0.630. The van der Waals surface area contributed by atoms with E-state index in [1.165, 1.54) is 6.21 Å². The number of nitrogens with zero attached hydrogens (tertiary/aromatic N) is 1. The second-order valence-corrected chi connectivity index (χ2v) is 3.96. The molecule has 0 aliphatic carbocycles. The molecule has 1 aromatic heterocycles. The lowest BCUT2D eigenvalue weighted by atomic mass is 10.1. The zero-order valence-corrected chi connectivity index (χ0v) is 8.26. The number of hydrogen-bond acceptors (Lipinski definition) is 3. The summed E-state index contributed by atoms with van der Waals surface area (Å²) in [4.78, 5) is 4.17. The zero-order valence-electron chi connectivity index (χ0n) is 8.26. The standard InChI is InChI=1S/C10H15N3/c1-10(2,3)13-9-8(7-11)5-4-6-12-9/h4-7,11H,1-3H3,(H,12,13). The number of rotatable bonds is 2. The normalized spacial score (nSPS) is 11.0. The maximum absolute atomic E-state index is 7.19. The molecule has 1 aromatic rings. The van der Waals surface area contributed by atoms with E-state index in [0.717, 1.165) is 11.4 Å². The maximum Gasteiger partial charge on any atom is 0.135 e. The van der Waals surface area contributed by atoms with Crippen LogP contribution in [-0.2, 0) is 0 Å². The Morgan fingerprint density at radius 3 is 2.69 bits per heavy atom. The largest absolute Gasteiger partial charge is 0.365 e. The Hall–Kier alpha value is -1.38. The molecule has 70 valence electrons. The van der Waals surface area contributed by atoms with Gasteiger partial charge < -0.3 is 10.7 Å². The molecule has 0 aromatic carbocycles. The van der Waals surface area contributed by atoms with Crippen molar-refractivity contribution < 1.29 is 0 Å². The summed E-state index contributed by atoms with van der Waals surface area (Å²) < 4.78 is 0. The van der Waals surface area contributed by atoms with Crippen molar-refractivity contribution in [1.82, 2.24) is 4.98 Å². The van der Waals surface area contributed by atoms with E-state index in [0.29, 0.717) is 0 Å². The molecule has 3 heteroatoms. The molecule has 0 bridgehead atoms. The molecule has 0 saturated carbocycles. The van der Waals surface area contributed by atoms with Gasteiger partial charge in [0.15, 0.2) is 0 Å². The summed E-state index contributed by atoms with van der Waals surface area (Å²) in [6, 6.07) is 3.70. The van der Waals surface area contributed by atoms with Crippen molar-refractivity contribution >= 4 is 12.0 Å². The fourth-order valence-corrected chi connectivity index (χ4v) is 0.994. The first kappa shape index (κ1) is 9.71. The van der Waals surface area contributed by atoms with Crippen LogP contribution in [0.15, 0.2) is 18.3 Å². The first-order valence-electron chi connectivity index (χ1n) is 4.26. The van der Waals surface area contributed by atoms with E-state index in [2.05, 4.69) is 31.1 Å². The third-order valence-electron chi connectivity index (χ3n) is 1.49. The molecule has 0 aliphatic heterocycles. The molecule has 0 amide bonds. The van der Waals surface area contributed by atoms with Crippen LogP contribution in [0.2, 0.25) is 0 Å². The van der Waals surface area contributed by atoms with E-state index in [1.54, 1.807) is 6.20 Å². The van der Waals surface area contributed by atoms with Gasteiger partial charge in [0.25, 0.3) is 0 Å². The topological polar surface area (TPSA) is 48.8 Å². The minimum Gasteiger partial charge on any atom is -0.365 e. The molecule has 0 radical (unpaired) electrons. The summed E-state index contributed by atoms with van der Waals surface area (Å²) in [7, 11) is 0. The summed E-state index contributed by atoms with van der Waals surface area (Å²) >= 11 is 0. The van der Waals surface area contributed by atoms with E-state index in [1.807, 2.05) is 12.1 Å². The number of nitrogens with one attached hydrogen (secondary N) is 2. The van der Waals surface area contributed by atoms with Crippen LogP contribution in [0.4, 0.5) is 5.82 Å². The van der Waals surface area contributed by atoms with Crippen LogP contribution >= 0.6 is 0 Å². The van der Waals surface area contributed by atoms with Crippen molar-refractivity contribution in [2.75, 3.05) is 5.32 Å². The summed E-state index contributed by atoms with van der Waals surface area (Å²) in [5.41, 5.74) is 0.795. The van der Waals surface area contributed by atoms with Gasteiger partial charge in [-0.3, -0.25) is 0 Å². The lowest BCUT2D eigenvalue weighted by Gasteiger charge is -2.22. The molecule has 0 fully saturated rings. The molecule has 0 spiro atoms. The SMILES string of the molecule is CC(C)(C)Nc1ncccc1C=N. The lowest BCUT2D eigenvalue weighted by Crippen LogP contribution is -2.27. The van der Waals surface area contributed by atoms with Crippen LogP contribution in [0.25, 0.3) is 0 Å². The number of aromatic nitrogens is 1. The number of anilines is 1. The van der Waals surface area contributed by atoms with Gasteiger partial charge >= 0.3 is 0 Å². The predicted octanol–water partition coefficient (Wildman–Crippen LogP) is 2.29. The molecule has 0 atom stereocenters. The highest BCUT2D eigenvalue weighted by Crippen LogP contribution is 2.14. The zero-order chi connectivity index (χ0) is 9.90. The van der Waals surface area contributed by atoms with Gasteiger partial charge in [0, 0.05) is 23.5 Å². The Kier molecular flexibility index (Phi) is 2.66. The summed E-state index contributed by atoms with van der Waals surface area (Å²) in [5.74, 6) is 0.769. The van der Waals surface area contributed by atoms with E-state index in [-0.39, 0.29) is 5.54 Å². The van der Waals surface area contributed by atoms with Crippen molar-refractivity contribution in [1.29, 1.82) is 5.41 Å². The van der Waals surface area contributed by atoms with E-state index in [9.17, 15) is 0 Å². The highest BCUT2D eigenvalue weighted by atomic mass is 15.0. The van der Waals surface area contributed by atoms with Crippen LogP contribution in [0, 0.1) is 5.41 Å². The monoisotopic (exact) mass is 177 g/mol. The van der Waals surface area contributed by atoms with Gasteiger partial charge in [-0.2, -0.15) is 0 Å². The van der Waals surface area contributed by atoms with Crippen LogP contribution < -0.4 is 5.32 Å². The van der Waals surface area contributed by atoms with Crippen LogP contribution in [0.3, 0.4) is 0 Å². The highest BCUT2D eigenvalue weighted by molar-refractivity contribution is 5.84. The van der Waals surface area contributed by atoms with Crippen molar-refractivity contribution in [2.45, 2.75) is 26.3 Å². The van der Waals surface area contributed by atoms with Gasteiger partial charge in [0.05, 0.1) is 0 Å². The van der Waals surface area contributed by atoms with Gasteiger partial charge in [0.2, 0.25) is 0 Å². The number of pyridine rings is 1. The first-order valence-corrected chi connectivity index (χ1v) is 4.26. The molecular weight excluding hydrogens is 162 g/mol. The predicted molar refractivity (Wildman–Crippen MR) is 55.5 cm³/mol. The molecule has 0 unspecified atom stereocenters. The Labute approximate surface area is 78.7 Å². The third-order valence-corrected chi connectivity index (χ3v) is 1.49. The molecule has 0 saturated heterocycles. The Bertz CT molecular complexity index is 299. The summed E-state index contributed by atoms with van der Waals surface area (Å²) in [6.45, 7) is 6.19. The summed E-state index contributed by atoms with van der Waals surface area (Å²) in [5, 5.41) is 10.4. The fourth-order valence-electron chi connectivity index (χ4n) is 0.994. The van der Waals surface area contributed by atoms with Crippen molar-refractivity contribution in [3.63, 3.8) is 0 Å². The molecule has 2 N–H and O–H groups in total. The first-order chi connectivity index (χ1) is 6.03. The number of hydrogen-bond donors (Lipinski definition) is 2. The van der Waals surface area contributed by atoms with Crippen molar-refractivity contribution in [3.05, 3.63) is 23.9 Å². The van der Waals surface area contributed by atoms with Gasteiger partial charge in [-0.25, -0.2) is 4.98 Å². The van der Waals surface area contributed by atoms with Gasteiger partial charge in [-0.15, -0.1) is 0 Å². The van der Waals surface area contributed by atoms with E-state index in [4.69, 9.17) is 5.41 Å². The second kappa shape index (κ2) is 3.56. The minimum atomic E-state index is -0.0217. The smallest absolute Gasteiger partial charge is 0.135 e. The van der Waals surface area contributed by atoms with Crippen molar-refractivity contribution in [3.8, 4) is 0 Å². The Morgan fingerprint density at radius 1 is 1.46 bits per heavy atom. The highest BCUT2D eigenvalue weighted by Gasteiger charge is 2.11. The van der Waals surface area contributed by atoms with Crippen molar-refractivity contribution in [2.24, 2.45) is 0 Å². The van der Waals surface area contributed by atoms with Crippen LogP contribution in [-0.4, -0.2) is 16.7 Å². The van der Waals surface area contributed by atoms with Gasteiger partial charge in [-0.1, -0.05) is 0 Å². The van der Waals surface area contributed by atoms with Crippen LogP contribution in [0.5, 0.6) is 0 Å². The second-order valence-electron chi connectivity index (χ2n) is 3.96. The minimum absolute atomic E-state index is 0.0217. The average Bonchev–Trinajstić information content (AvgIpc) is 2.02. The van der Waals surface area contributed by atoms with Crippen LogP contribution in [0.1, 0.15) is 26.3 Å². The quantitative estimate of drug-likeness (QED) is 0.681. The van der Waals surface area contributed by atoms with E-state index < -0.39 is 0 Å². The third kappa shape index (κ3) is 2.86. The maximum atomic E-state index is 7.19.